The summed E-state index contributed by atoms with van der Waals surface area (Å²) in [5.41, 5.74) is 1.50. The van der Waals surface area contributed by atoms with E-state index in [2.05, 4.69) is 4.98 Å². The van der Waals surface area contributed by atoms with Gasteiger partial charge in [-0.3, -0.25) is 4.79 Å². The zero-order valence-electron chi connectivity index (χ0n) is 23.1. The van der Waals surface area contributed by atoms with Crippen molar-refractivity contribution in [1.82, 2.24) is 14.8 Å². The molecule has 0 fully saturated rings. The molecule has 4 rings (SSSR count). The second-order valence-corrected chi connectivity index (χ2v) is 10.2. The third-order valence-electron chi connectivity index (χ3n) is 6.30. The highest BCUT2D eigenvalue weighted by Gasteiger charge is 2.37. The fraction of sp³-hybridized carbons (Fsp3) is 0.345. The van der Waals surface area contributed by atoms with Gasteiger partial charge < -0.3 is 33.7 Å². The van der Waals surface area contributed by atoms with Gasteiger partial charge in [0.15, 0.2) is 5.76 Å². The molecule has 0 radical (unpaired) electrons. The summed E-state index contributed by atoms with van der Waals surface area (Å²) >= 11 is 0. The van der Waals surface area contributed by atoms with E-state index < -0.39 is 29.5 Å². The number of fused-ring (bicyclic) bond motifs is 3. The van der Waals surface area contributed by atoms with Crippen molar-refractivity contribution < 1.29 is 37.7 Å². The zero-order valence-corrected chi connectivity index (χ0v) is 23.1. The van der Waals surface area contributed by atoms with E-state index in [0.717, 1.165) is 10.9 Å². The zero-order chi connectivity index (χ0) is 29.0. The predicted octanol–water partition coefficient (Wildman–Crippen LogP) is 5.29. The van der Waals surface area contributed by atoms with Crippen molar-refractivity contribution >= 4 is 34.9 Å². The first kappa shape index (κ1) is 28.6. The van der Waals surface area contributed by atoms with Crippen molar-refractivity contribution in [3.63, 3.8) is 0 Å². The first-order valence-corrected chi connectivity index (χ1v) is 12.8. The summed E-state index contributed by atoms with van der Waals surface area (Å²) < 4.78 is 34.5. The van der Waals surface area contributed by atoms with E-state index in [1.54, 1.807) is 25.1 Å². The number of carbonyl (C=O) groups excluding carboxylic acids is 3. The molecule has 1 N–H and O–H groups in total. The molecule has 40 heavy (non-hydrogen) atoms. The van der Waals surface area contributed by atoms with Gasteiger partial charge in [-0.25, -0.2) is 14.0 Å². The molecule has 1 aromatic heterocycles. The second-order valence-electron chi connectivity index (χ2n) is 10.2. The van der Waals surface area contributed by atoms with E-state index >= 15 is 0 Å². The first-order chi connectivity index (χ1) is 19.0. The Hall–Kier alpha value is -4.38. The fourth-order valence-corrected chi connectivity index (χ4v) is 4.52. The van der Waals surface area contributed by atoms with E-state index in [4.69, 9.17) is 18.9 Å². The molecule has 0 saturated heterocycles. The Bertz CT molecular complexity index is 1440. The highest BCUT2D eigenvalue weighted by Crippen LogP contribution is 2.41. The van der Waals surface area contributed by atoms with E-state index in [-0.39, 0.29) is 36.8 Å². The number of aromatic amines is 1. The van der Waals surface area contributed by atoms with Crippen LogP contribution in [0.1, 0.15) is 42.4 Å². The molecule has 212 valence electrons. The van der Waals surface area contributed by atoms with E-state index in [1.165, 1.54) is 35.4 Å². The lowest BCUT2D eigenvalue weighted by atomic mass is 9.82. The standard InChI is InChI=1S/C29H32FN3O7/c1-6-37-27(35)40-23-16-33(26(34)18-7-9-19(30)10-8-18)17-29(2,3)24-21-12-11-20(15-22(21)31-25(23)24)39-28(36)38-14-13-32(4)5/h7-12,15-16,31H,6,13-14,17H2,1-5H3. The molecule has 2 heterocycles. The number of aromatic nitrogens is 1. The van der Waals surface area contributed by atoms with Gasteiger partial charge >= 0.3 is 12.3 Å². The van der Waals surface area contributed by atoms with Crippen molar-refractivity contribution in [3.8, 4) is 5.75 Å². The van der Waals surface area contributed by atoms with Crippen LogP contribution in [0, 0.1) is 5.82 Å². The number of hydrogen-bond donors (Lipinski definition) is 1. The third kappa shape index (κ3) is 6.42. The van der Waals surface area contributed by atoms with Crippen LogP contribution in [0.15, 0.2) is 48.7 Å². The summed E-state index contributed by atoms with van der Waals surface area (Å²) in [5, 5.41) is 0.780. The van der Waals surface area contributed by atoms with Gasteiger partial charge in [0.1, 0.15) is 18.2 Å². The third-order valence-corrected chi connectivity index (χ3v) is 6.30. The van der Waals surface area contributed by atoms with E-state index in [1.807, 2.05) is 32.8 Å². The Kier molecular flexibility index (Phi) is 8.43. The fourth-order valence-electron chi connectivity index (χ4n) is 4.52. The molecule has 0 aliphatic carbocycles. The van der Waals surface area contributed by atoms with Crippen molar-refractivity contribution in [2.45, 2.75) is 26.2 Å². The minimum atomic E-state index is -0.934. The highest BCUT2D eigenvalue weighted by molar-refractivity contribution is 5.97. The topological polar surface area (TPSA) is 110 Å². The quantitative estimate of drug-likeness (QED) is 0.311. The van der Waals surface area contributed by atoms with Crippen LogP contribution in [0.5, 0.6) is 5.75 Å². The molecular weight excluding hydrogens is 521 g/mol. The van der Waals surface area contributed by atoms with E-state index in [9.17, 15) is 18.8 Å². The maximum atomic E-state index is 13.5. The Morgan fingerprint density at radius 3 is 2.40 bits per heavy atom. The van der Waals surface area contributed by atoms with Gasteiger partial charge in [-0.05, 0) is 63.0 Å². The number of benzene rings is 2. The number of nitrogens with zero attached hydrogens (tertiary/aromatic N) is 2. The maximum Gasteiger partial charge on any atom is 0.513 e. The Morgan fingerprint density at radius 2 is 1.73 bits per heavy atom. The van der Waals surface area contributed by atoms with Crippen LogP contribution < -0.4 is 4.74 Å². The Morgan fingerprint density at radius 1 is 1.02 bits per heavy atom. The van der Waals surface area contributed by atoms with Gasteiger partial charge in [0.2, 0.25) is 0 Å². The lowest BCUT2D eigenvalue weighted by Gasteiger charge is -2.29. The number of carbonyl (C=O) groups is 3. The van der Waals surface area contributed by atoms with E-state index in [0.29, 0.717) is 17.8 Å². The summed E-state index contributed by atoms with van der Waals surface area (Å²) in [7, 11) is 3.73. The minimum absolute atomic E-state index is 0.0660. The Labute approximate surface area is 231 Å². The first-order valence-electron chi connectivity index (χ1n) is 12.8. The summed E-state index contributed by atoms with van der Waals surface area (Å²) in [4.78, 5) is 44.5. The molecular formula is C29H32FN3O7. The second kappa shape index (κ2) is 11.8. The molecule has 1 amide bonds. The van der Waals surface area contributed by atoms with Gasteiger partial charge in [-0.15, -0.1) is 0 Å². The smallest absolute Gasteiger partial charge is 0.434 e. The van der Waals surface area contributed by atoms with Crippen LogP contribution in [0.3, 0.4) is 0 Å². The lowest BCUT2D eigenvalue weighted by molar-refractivity contribution is 0.0787. The minimum Gasteiger partial charge on any atom is -0.434 e. The number of ether oxygens (including phenoxy) is 4. The van der Waals surface area contributed by atoms with Crippen molar-refractivity contribution in [1.29, 1.82) is 0 Å². The molecule has 1 aliphatic heterocycles. The Balaban J connectivity index is 1.72. The molecule has 0 saturated carbocycles. The maximum absolute atomic E-state index is 13.5. The number of rotatable bonds is 7. The van der Waals surface area contributed by atoms with Gasteiger partial charge in [-0.1, -0.05) is 13.8 Å². The average molecular weight is 554 g/mol. The molecule has 1 aliphatic rings. The van der Waals surface area contributed by atoms with Crippen LogP contribution in [-0.2, 0) is 19.6 Å². The van der Waals surface area contributed by atoms with Gasteiger partial charge in [0.25, 0.3) is 5.91 Å². The number of halogens is 1. The molecule has 2 aromatic carbocycles. The van der Waals surface area contributed by atoms with Crippen LogP contribution in [0.4, 0.5) is 14.0 Å². The van der Waals surface area contributed by atoms with Crippen molar-refractivity contribution in [3.05, 3.63) is 71.3 Å². The molecule has 3 aromatic rings. The lowest BCUT2D eigenvalue weighted by Crippen LogP contribution is -2.36. The number of likely N-dealkylation sites (N-methyl/N-ethyl adjacent to an activating group) is 1. The number of amides is 1. The molecule has 0 atom stereocenters. The van der Waals surface area contributed by atoms with Gasteiger partial charge in [0.05, 0.1) is 18.5 Å². The summed E-state index contributed by atoms with van der Waals surface area (Å²) in [6.45, 7) is 6.62. The number of hydrogen-bond acceptors (Lipinski definition) is 8. The molecule has 0 bridgehead atoms. The largest absolute Gasteiger partial charge is 0.513 e. The molecule has 10 nitrogen and oxygen atoms in total. The van der Waals surface area contributed by atoms with Gasteiger partial charge in [0, 0.05) is 41.0 Å². The van der Waals surface area contributed by atoms with Crippen LogP contribution in [0.2, 0.25) is 0 Å². The summed E-state index contributed by atoms with van der Waals surface area (Å²) in [6, 6.07) is 10.3. The number of H-pyrrole nitrogens is 1. The highest BCUT2D eigenvalue weighted by atomic mass is 19.1. The average Bonchev–Trinajstić information content (AvgIpc) is 3.23. The SMILES string of the molecule is CCOC(=O)OC1=CN(C(=O)c2ccc(F)cc2)CC(C)(C)c2c1[nH]c1cc(OC(=O)OCCN(C)C)ccc21. The monoisotopic (exact) mass is 553 g/mol. The predicted molar refractivity (Wildman–Crippen MR) is 145 cm³/mol. The molecule has 0 spiro atoms. The molecule has 0 unspecified atom stereocenters. The summed E-state index contributed by atoms with van der Waals surface area (Å²) in [5.74, 6) is -0.519. The normalized spacial score (nSPS) is 14.3. The molecule has 11 heteroatoms. The van der Waals surface area contributed by atoms with Crippen molar-refractivity contribution in [2.75, 3.05) is 40.4 Å². The number of nitrogens with one attached hydrogen (secondary N) is 1. The van der Waals surface area contributed by atoms with Crippen LogP contribution >= 0.6 is 0 Å². The summed E-state index contributed by atoms with van der Waals surface area (Å²) in [6.07, 6.45) is -0.321. The van der Waals surface area contributed by atoms with Crippen LogP contribution in [0.25, 0.3) is 16.7 Å². The van der Waals surface area contributed by atoms with Crippen molar-refractivity contribution in [2.24, 2.45) is 0 Å². The van der Waals surface area contributed by atoms with Crippen LogP contribution in [-0.4, -0.2) is 73.4 Å². The van der Waals surface area contributed by atoms with Gasteiger partial charge in [-0.2, -0.15) is 0 Å².